The van der Waals surface area contributed by atoms with E-state index in [1.54, 1.807) is 10.9 Å². The summed E-state index contributed by atoms with van der Waals surface area (Å²) in [5, 5.41) is 13.4. The van der Waals surface area contributed by atoms with E-state index in [1.165, 1.54) is 11.5 Å². The number of hydrogen-bond donors (Lipinski definition) is 1. The van der Waals surface area contributed by atoms with Crippen molar-refractivity contribution in [1.29, 1.82) is 0 Å². The Kier molecular flexibility index (Phi) is 2.67. The van der Waals surface area contributed by atoms with Gasteiger partial charge in [0.1, 0.15) is 5.00 Å². The van der Waals surface area contributed by atoms with E-state index >= 15 is 0 Å². The first kappa shape index (κ1) is 11.1. The molecule has 3 aromatic heterocycles. The fourth-order valence-corrected chi connectivity index (χ4v) is 2.30. The molecule has 3 heterocycles. The van der Waals surface area contributed by atoms with Gasteiger partial charge in [-0.15, -0.1) is 5.10 Å². The lowest BCUT2D eigenvalue weighted by Crippen LogP contribution is -1.99. The number of pyridine rings is 1. The first-order valence-corrected chi connectivity index (χ1v) is 6.31. The highest BCUT2D eigenvalue weighted by Crippen LogP contribution is 2.17. The van der Waals surface area contributed by atoms with Gasteiger partial charge in [0.05, 0.1) is 11.9 Å². The largest absolute Gasteiger partial charge is 0.370 e. The Balaban J connectivity index is 1.87. The van der Waals surface area contributed by atoms with Gasteiger partial charge in [-0.05, 0) is 18.6 Å². The molecule has 0 fully saturated rings. The Labute approximate surface area is 108 Å². The van der Waals surface area contributed by atoms with Crippen LogP contribution in [0.3, 0.4) is 0 Å². The van der Waals surface area contributed by atoms with Crippen molar-refractivity contribution in [3.63, 3.8) is 0 Å². The Morgan fingerprint density at radius 3 is 3.06 bits per heavy atom. The van der Waals surface area contributed by atoms with Crippen LogP contribution in [0.25, 0.3) is 11.0 Å². The molecule has 18 heavy (non-hydrogen) atoms. The second kappa shape index (κ2) is 4.34. The average Bonchev–Trinajstić information content (AvgIpc) is 2.97. The number of hydrogen-bond acceptors (Lipinski definition) is 6. The number of nitrogens with one attached hydrogen (secondary N) is 1. The lowest BCUT2D eigenvalue weighted by molar-refractivity contribution is 0.773. The van der Waals surface area contributed by atoms with Crippen LogP contribution in [-0.4, -0.2) is 24.4 Å². The summed E-state index contributed by atoms with van der Waals surface area (Å²) in [4.78, 5) is 4.43. The van der Waals surface area contributed by atoms with E-state index in [4.69, 9.17) is 0 Å². The van der Waals surface area contributed by atoms with Crippen LogP contribution in [0.5, 0.6) is 0 Å². The summed E-state index contributed by atoms with van der Waals surface area (Å²) in [7, 11) is 1.91. The SMILES string of the molecule is Cc1nn(C)c2ncc(CNc3cnns3)cc12. The molecule has 0 saturated carbocycles. The summed E-state index contributed by atoms with van der Waals surface area (Å²) in [6.07, 6.45) is 3.58. The van der Waals surface area contributed by atoms with E-state index in [1.807, 2.05) is 20.2 Å². The predicted molar refractivity (Wildman–Crippen MR) is 70.5 cm³/mol. The highest BCUT2D eigenvalue weighted by Gasteiger charge is 2.07. The monoisotopic (exact) mass is 260 g/mol. The van der Waals surface area contributed by atoms with Crippen molar-refractivity contribution < 1.29 is 0 Å². The van der Waals surface area contributed by atoms with E-state index < -0.39 is 0 Å². The Hall–Kier alpha value is -2.02. The van der Waals surface area contributed by atoms with Gasteiger partial charge in [-0.25, -0.2) is 4.98 Å². The molecule has 1 N–H and O–H groups in total. The first-order chi connectivity index (χ1) is 8.74. The van der Waals surface area contributed by atoms with E-state index in [2.05, 4.69) is 31.1 Å². The van der Waals surface area contributed by atoms with Crippen LogP contribution in [0.4, 0.5) is 5.00 Å². The lowest BCUT2D eigenvalue weighted by Gasteiger charge is -2.02. The van der Waals surface area contributed by atoms with Crippen molar-refractivity contribution in [1.82, 2.24) is 24.4 Å². The third kappa shape index (κ3) is 1.92. The second-order valence-electron chi connectivity index (χ2n) is 4.06. The normalized spacial score (nSPS) is 11.0. The number of fused-ring (bicyclic) bond motifs is 1. The number of nitrogens with zero attached hydrogens (tertiary/aromatic N) is 5. The summed E-state index contributed by atoms with van der Waals surface area (Å²) >= 11 is 1.34. The van der Waals surface area contributed by atoms with Crippen LogP contribution in [0.1, 0.15) is 11.3 Å². The minimum Gasteiger partial charge on any atom is -0.370 e. The van der Waals surface area contributed by atoms with E-state index in [0.29, 0.717) is 6.54 Å². The molecule has 6 nitrogen and oxygen atoms in total. The first-order valence-electron chi connectivity index (χ1n) is 5.53. The van der Waals surface area contributed by atoms with Crippen LogP contribution >= 0.6 is 11.5 Å². The molecule has 0 radical (unpaired) electrons. The maximum atomic E-state index is 4.43. The molecule has 0 amide bonds. The van der Waals surface area contributed by atoms with Crippen LogP contribution in [0.2, 0.25) is 0 Å². The summed E-state index contributed by atoms with van der Waals surface area (Å²) in [5.74, 6) is 0. The highest BCUT2D eigenvalue weighted by molar-refractivity contribution is 7.09. The molecule has 7 heteroatoms. The van der Waals surface area contributed by atoms with Crippen molar-refractivity contribution in [2.24, 2.45) is 7.05 Å². The molecule has 0 bridgehead atoms. The van der Waals surface area contributed by atoms with Gasteiger partial charge in [0, 0.05) is 36.7 Å². The van der Waals surface area contributed by atoms with Crippen LogP contribution in [-0.2, 0) is 13.6 Å². The molecule has 0 atom stereocenters. The summed E-state index contributed by atoms with van der Waals surface area (Å²) in [6.45, 7) is 2.70. The maximum absolute atomic E-state index is 4.43. The molecule has 0 aliphatic rings. The summed E-state index contributed by atoms with van der Waals surface area (Å²) in [6, 6.07) is 2.12. The van der Waals surface area contributed by atoms with Gasteiger partial charge in [-0.1, -0.05) is 4.49 Å². The third-order valence-electron chi connectivity index (χ3n) is 2.75. The fraction of sp³-hybridized carbons (Fsp3) is 0.273. The summed E-state index contributed by atoms with van der Waals surface area (Å²) in [5.41, 5.74) is 3.03. The van der Waals surface area contributed by atoms with E-state index in [9.17, 15) is 0 Å². The van der Waals surface area contributed by atoms with Crippen molar-refractivity contribution in [2.45, 2.75) is 13.5 Å². The number of anilines is 1. The Morgan fingerprint density at radius 2 is 2.28 bits per heavy atom. The molecular weight excluding hydrogens is 248 g/mol. The van der Waals surface area contributed by atoms with Gasteiger partial charge in [0.2, 0.25) is 0 Å². The minimum atomic E-state index is 0.709. The molecule has 0 unspecified atom stereocenters. The molecule has 0 saturated heterocycles. The fourth-order valence-electron chi connectivity index (χ4n) is 1.88. The van der Waals surface area contributed by atoms with Gasteiger partial charge in [0.15, 0.2) is 5.65 Å². The van der Waals surface area contributed by atoms with Crippen molar-refractivity contribution >= 4 is 27.6 Å². The molecule has 3 aromatic rings. The zero-order valence-electron chi connectivity index (χ0n) is 10.1. The molecular formula is C11H12N6S. The quantitative estimate of drug-likeness (QED) is 0.777. The van der Waals surface area contributed by atoms with Crippen molar-refractivity contribution in [2.75, 3.05) is 5.32 Å². The topological polar surface area (TPSA) is 68.5 Å². The summed E-state index contributed by atoms with van der Waals surface area (Å²) < 4.78 is 5.60. The van der Waals surface area contributed by atoms with Gasteiger partial charge in [-0.2, -0.15) is 5.10 Å². The highest BCUT2D eigenvalue weighted by atomic mass is 32.1. The van der Waals surface area contributed by atoms with E-state index in [-0.39, 0.29) is 0 Å². The molecule has 0 aromatic carbocycles. The van der Waals surface area contributed by atoms with Gasteiger partial charge in [0.25, 0.3) is 0 Å². The Bertz CT molecular complexity index is 672. The average molecular weight is 260 g/mol. The molecule has 92 valence electrons. The van der Waals surface area contributed by atoms with Gasteiger partial charge in [-0.3, -0.25) is 4.68 Å². The van der Waals surface area contributed by atoms with Gasteiger partial charge >= 0.3 is 0 Å². The van der Waals surface area contributed by atoms with E-state index in [0.717, 1.165) is 27.3 Å². The number of rotatable bonds is 3. The number of aromatic nitrogens is 5. The molecule has 3 rings (SSSR count). The van der Waals surface area contributed by atoms with Crippen LogP contribution in [0.15, 0.2) is 18.5 Å². The van der Waals surface area contributed by atoms with Crippen molar-refractivity contribution in [3.8, 4) is 0 Å². The minimum absolute atomic E-state index is 0.709. The maximum Gasteiger partial charge on any atom is 0.157 e. The standard InChI is InChI=1S/C11H12N6S/c1-7-9-3-8(4-12-10-6-14-16-18-10)5-13-11(9)17(2)15-7/h3,5-6,12H,4H2,1-2H3. The molecule has 0 spiro atoms. The molecule has 0 aliphatic carbocycles. The predicted octanol–water partition coefficient (Wildman–Crippen LogP) is 1.74. The lowest BCUT2D eigenvalue weighted by atomic mass is 10.2. The zero-order chi connectivity index (χ0) is 12.5. The smallest absolute Gasteiger partial charge is 0.157 e. The van der Waals surface area contributed by atoms with Crippen LogP contribution in [0, 0.1) is 6.92 Å². The van der Waals surface area contributed by atoms with Crippen LogP contribution < -0.4 is 5.32 Å². The second-order valence-corrected chi connectivity index (χ2v) is 4.84. The molecule has 0 aliphatic heterocycles. The Morgan fingerprint density at radius 1 is 1.39 bits per heavy atom. The third-order valence-corrected chi connectivity index (χ3v) is 3.37. The number of aryl methyl sites for hydroxylation is 2. The van der Waals surface area contributed by atoms with Crippen molar-refractivity contribution in [3.05, 3.63) is 29.7 Å². The van der Waals surface area contributed by atoms with Gasteiger partial charge < -0.3 is 5.32 Å². The zero-order valence-corrected chi connectivity index (χ0v) is 10.9.